The van der Waals surface area contributed by atoms with Crippen molar-refractivity contribution in [1.82, 2.24) is 15.5 Å². The molecule has 2 aliphatic rings. The molecule has 0 spiro atoms. The lowest BCUT2D eigenvalue weighted by atomic mass is 9.94. The second kappa shape index (κ2) is 4.53. The molecule has 1 aromatic rings. The van der Waals surface area contributed by atoms with Gasteiger partial charge in [-0.3, -0.25) is 9.89 Å². The highest BCUT2D eigenvalue weighted by Crippen LogP contribution is 2.45. The average Bonchev–Trinajstić information content (AvgIpc) is 3.03. The first-order valence-corrected chi connectivity index (χ1v) is 7.15. The highest BCUT2D eigenvalue weighted by atomic mass is 19.3. The summed E-state index contributed by atoms with van der Waals surface area (Å²) in [5.74, 6) is -3.39. The van der Waals surface area contributed by atoms with E-state index in [0.29, 0.717) is 12.0 Å². The van der Waals surface area contributed by atoms with E-state index in [1.165, 1.54) is 0 Å². The molecule has 3 rings (SSSR count). The largest absolute Gasteiger partial charge is 0.349 e. The van der Waals surface area contributed by atoms with Crippen molar-refractivity contribution in [3.63, 3.8) is 0 Å². The van der Waals surface area contributed by atoms with E-state index in [1.54, 1.807) is 6.92 Å². The van der Waals surface area contributed by atoms with Crippen LogP contribution < -0.4 is 5.32 Å². The molecule has 1 amide bonds. The van der Waals surface area contributed by atoms with Gasteiger partial charge in [0.25, 0.3) is 0 Å². The third-order valence-corrected chi connectivity index (χ3v) is 4.42. The first-order valence-electron chi connectivity index (χ1n) is 7.15. The topological polar surface area (TPSA) is 57.8 Å². The minimum Gasteiger partial charge on any atom is -0.349 e. The third kappa shape index (κ3) is 2.31. The van der Waals surface area contributed by atoms with Gasteiger partial charge in [0.05, 0.1) is 6.54 Å². The zero-order chi connectivity index (χ0) is 14.4. The van der Waals surface area contributed by atoms with Crippen molar-refractivity contribution >= 4 is 5.91 Å². The van der Waals surface area contributed by atoms with Crippen molar-refractivity contribution in [2.24, 2.45) is 5.41 Å². The van der Waals surface area contributed by atoms with Crippen LogP contribution in [0.1, 0.15) is 49.6 Å². The van der Waals surface area contributed by atoms with Gasteiger partial charge in [0.2, 0.25) is 5.91 Å². The number of aryl methyl sites for hydroxylation is 1. The fourth-order valence-corrected chi connectivity index (χ4v) is 2.69. The molecule has 1 aromatic heterocycles. The second-order valence-electron chi connectivity index (χ2n) is 6.18. The average molecular weight is 283 g/mol. The Morgan fingerprint density at radius 2 is 2.10 bits per heavy atom. The summed E-state index contributed by atoms with van der Waals surface area (Å²) in [4.78, 5) is 11.8. The van der Waals surface area contributed by atoms with Gasteiger partial charge in [0, 0.05) is 16.7 Å². The Hall–Kier alpha value is -1.46. The van der Waals surface area contributed by atoms with Crippen LogP contribution in [-0.4, -0.2) is 22.6 Å². The molecule has 0 saturated heterocycles. The second-order valence-corrected chi connectivity index (χ2v) is 6.18. The van der Waals surface area contributed by atoms with Crippen LogP contribution in [0.15, 0.2) is 0 Å². The van der Waals surface area contributed by atoms with Gasteiger partial charge >= 0.3 is 5.92 Å². The van der Waals surface area contributed by atoms with Crippen LogP contribution in [0.5, 0.6) is 0 Å². The number of rotatable bonds is 4. The van der Waals surface area contributed by atoms with Crippen LogP contribution in [0.4, 0.5) is 8.78 Å². The maximum atomic E-state index is 14.2. The Bertz CT molecular complexity index is 535. The number of carbonyl (C=O) groups is 1. The minimum absolute atomic E-state index is 0.187. The van der Waals surface area contributed by atoms with Gasteiger partial charge in [-0.25, -0.2) is 0 Å². The molecule has 0 bridgehead atoms. The minimum atomic E-state index is -3.11. The van der Waals surface area contributed by atoms with Gasteiger partial charge in [-0.2, -0.15) is 13.9 Å². The molecular formula is C14H19F2N3O. The van der Waals surface area contributed by atoms with E-state index in [1.807, 2.05) is 0 Å². The molecule has 1 heterocycles. The highest BCUT2D eigenvalue weighted by molar-refractivity contribution is 5.84. The van der Waals surface area contributed by atoms with Gasteiger partial charge in [-0.1, -0.05) is 6.92 Å². The number of aromatic amines is 1. The summed E-state index contributed by atoms with van der Waals surface area (Å²) in [6, 6.07) is 0. The molecule has 0 aromatic carbocycles. The summed E-state index contributed by atoms with van der Waals surface area (Å²) in [6.45, 7) is 1.13. The number of alkyl halides is 2. The summed E-state index contributed by atoms with van der Waals surface area (Å²) < 4.78 is 28.5. The third-order valence-electron chi connectivity index (χ3n) is 4.42. The Labute approximate surface area is 116 Å². The lowest BCUT2D eigenvalue weighted by Gasteiger charge is -2.19. The molecule has 4 nitrogen and oxygen atoms in total. The number of carbonyl (C=O) groups excluding carboxylic acids is 1. The summed E-state index contributed by atoms with van der Waals surface area (Å²) >= 11 is 0. The van der Waals surface area contributed by atoms with Crippen LogP contribution in [0.3, 0.4) is 0 Å². The predicted molar refractivity (Wildman–Crippen MR) is 69.5 cm³/mol. The zero-order valence-electron chi connectivity index (χ0n) is 11.6. The maximum absolute atomic E-state index is 14.2. The molecule has 0 atom stereocenters. The van der Waals surface area contributed by atoms with Crippen LogP contribution in [-0.2, 0) is 23.6 Å². The molecule has 1 saturated carbocycles. The molecular weight excluding hydrogens is 264 g/mol. The standard InChI is InChI=1S/C14H19F2N3O/c1-13(6-7-13)12(20)17-8-14(15,16)11-9-4-2-3-5-10(9)18-19-11/h2-8H2,1H3,(H,17,20)(H,18,19). The van der Waals surface area contributed by atoms with Crippen molar-refractivity contribution in [2.75, 3.05) is 6.54 Å². The van der Waals surface area contributed by atoms with E-state index >= 15 is 0 Å². The van der Waals surface area contributed by atoms with E-state index in [-0.39, 0.29) is 11.6 Å². The summed E-state index contributed by atoms with van der Waals surface area (Å²) in [5.41, 5.74) is 0.856. The van der Waals surface area contributed by atoms with Crippen LogP contribution >= 0.6 is 0 Å². The highest BCUT2D eigenvalue weighted by Gasteiger charge is 2.46. The number of amides is 1. The quantitative estimate of drug-likeness (QED) is 0.890. The van der Waals surface area contributed by atoms with Gasteiger partial charge in [-0.05, 0) is 38.5 Å². The number of hydrogen-bond acceptors (Lipinski definition) is 2. The Kier molecular flexibility index (Phi) is 3.06. The molecule has 2 aliphatic carbocycles. The molecule has 2 N–H and O–H groups in total. The van der Waals surface area contributed by atoms with Gasteiger partial charge < -0.3 is 5.32 Å². The van der Waals surface area contributed by atoms with Gasteiger partial charge in [0.15, 0.2) is 0 Å². The summed E-state index contributed by atoms with van der Waals surface area (Å²) in [7, 11) is 0. The van der Waals surface area contributed by atoms with Crippen LogP contribution in [0, 0.1) is 5.41 Å². The smallest absolute Gasteiger partial charge is 0.308 e. The number of fused-ring (bicyclic) bond motifs is 1. The number of H-pyrrole nitrogens is 1. The van der Waals surface area contributed by atoms with Gasteiger partial charge in [0.1, 0.15) is 5.69 Å². The Balaban J connectivity index is 1.71. The molecule has 1 fully saturated rings. The summed E-state index contributed by atoms with van der Waals surface area (Å²) in [6.07, 6.45) is 4.91. The maximum Gasteiger partial charge on any atom is 0.308 e. The monoisotopic (exact) mass is 283 g/mol. The fraction of sp³-hybridized carbons (Fsp3) is 0.714. The zero-order valence-corrected chi connectivity index (χ0v) is 11.6. The first-order chi connectivity index (χ1) is 9.42. The van der Waals surface area contributed by atoms with Crippen molar-refractivity contribution in [2.45, 2.75) is 51.4 Å². The van der Waals surface area contributed by atoms with Gasteiger partial charge in [-0.15, -0.1) is 0 Å². The number of hydrogen-bond donors (Lipinski definition) is 2. The number of nitrogens with one attached hydrogen (secondary N) is 2. The number of nitrogens with zero attached hydrogens (tertiary/aromatic N) is 1. The van der Waals surface area contributed by atoms with E-state index in [9.17, 15) is 13.6 Å². The summed E-state index contributed by atoms with van der Waals surface area (Å²) in [5, 5.41) is 8.90. The van der Waals surface area contributed by atoms with E-state index in [2.05, 4.69) is 15.5 Å². The molecule has 0 unspecified atom stereocenters. The molecule has 0 radical (unpaired) electrons. The molecule has 110 valence electrons. The Morgan fingerprint density at radius 3 is 2.80 bits per heavy atom. The molecule has 6 heteroatoms. The lowest BCUT2D eigenvalue weighted by molar-refractivity contribution is -0.128. The van der Waals surface area contributed by atoms with Crippen molar-refractivity contribution < 1.29 is 13.6 Å². The van der Waals surface area contributed by atoms with E-state index < -0.39 is 17.9 Å². The van der Waals surface area contributed by atoms with Crippen molar-refractivity contribution in [3.8, 4) is 0 Å². The fourth-order valence-electron chi connectivity index (χ4n) is 2.69. The van der Waals surface area contributed by atoms with Crippen LogP contribution in [0.2, 0.25) is 0 Å². The Morgan fingerprint density at radius 1 is 1.40 bits per heavy atom. The normalized spacial score (nSPS) is 20.4. The van der Waals surface area contributed by atoms with Crippen molar-refractivity contribution in [3.05, 3.63) is 17.0 Å². The first kappa shape index (κ1) is 13.5. The van der Waals surface area contributed by atoms with E-state index in [0.717, 1.165) is 37.8 Å². The predicted octanol–water partition coefficient (Wildman–Crippen LogP) is 2.30. The van der Waals surface area contributed by atoms with Crippen LogP contribution in [0.25, 0.3) is 0 Å². The van der Waals surface area contributed by atoms with E-state index in [4.69, 9.17) is 0 Å². The molecule has 0 aliphatic heterocycles. The molecule has 20 heavy (non-hydrogen) atoms. The SMILES string of the molecule is CC1(C(=O)NCC(F)(F)c2n[nH]c3c2CCCC3)CC1. The number of aromatic nitrogens is 2. The lowest BCUT2D eigenvalue weighted by Crippen LogP contribution is -2.39. The number of halogens is 2. The van der Waals surface area contributed by atoms with Crippen molar-refractivity contribution in [1.29, 1.82) is 0 Å².